The van der Waals surface area contributed by atoms with E-state index in [1.54, 1.807) is 52.0 Å². The summed E-state index contributed by atoms with van der Waals surface area (Å²) in [6.07, 6.45) is 0. The SMILES string of the molecule is CC(C)C(NC(=O)C(C)(C)c1ccc(N)cc1)C(=O)O. The van der Waals surface area contributed by atoms with E-state index in [-0.39, 0.29) is 11.8 Å². The molecule has 0 aromatic heterocycles. The van der Waals surface area contributed by atoms with Crippen LogP contribution in [0.4, 0.5) is 5.69 Å². The molecule has 0 heterocycles. The second kappa shape index (κ2) is 5.94. The largest absolute Gasteiger partial charge is 0.480 e. The summed E-state index contributed by atoms with van der Waals surface area (Å²) in [5.74, 6) is -1.52. The van der Waals surface area contributed by atoms with Crippen molar-refractivity contribution in [1.82, 2.24) is 5.32 Å². The molecule has 1 rings (SSSR count). The first kappa shape index (κ1) is 16.0. The highest BCUT2D eigenvalue weighted by atomic mass is 16.4. The highest BCUT2D eigenvalue weighted by molar-refractivity contribution is 5.91. The van der Waals surface area contributed by atoms with Crippen LogP contribution in [0, 0.1) is 5.92 Å². The predicted octanol–water partition coefficient (Wildman–Crippen LogP) is 1.77. The summed E-state index contributed by atoms with van der Waals surface area (Å²) >= 11 is 0. The van der Waals surface area contributed by atoms with Crippen molar-refractivity contribution in [2.45, 2.75) is 39.2 Å². The Labute approximate surface area is 119 Å². The Morgan fingerprint density at radius 1 is 1.20 bits per heavy atom. The smallest absolute Gasteiger partial charge is 0.326 e. The molecule has 5 nitrogen and oxygen atoms in total. The summed E-state index contributed by atoms with van der Waals surface area (Å²) in [5.41, 5.74) is 6.21. The van der Waals surface area contributed by atoms with Crippen LogP contribution in [-0.2, 0) is 15.0 Å². The first-order chi connectivity index (χ1) is 9.16. The van der Waals surface area contributed by atoms with Gasteiger partial charge in [-0.15, -0.1) is 0 Å². The lowest BCUT2D eigenvalue weighted by atomic mass is 9.83. The molecule has 1 aromatic carbocycles. The maximum atomic E-state index is 12.4. The van der Waals surface area contributed by atoms with E-state index in [0.717, 1.165) is 5.56 Å². The molecule has 1 atom stereocenters. The summed E-state index contributed by atoms with van der Waals surface area (Å²) in [6, 6.07) is 6.11. The monoisotopic (exact) mass is 278 g/mol. The summed E-state index contributed by atoms with van der Waals surface area (Å²) in [6.45, 7) is 7.03. The van der Waals surface area contributed by atoms with Gasteiger partial charge in [-0.05, 0) is 37.5 Å². The molecule has 0 saturated carbocycles. The van der Waals surface area contributed by atoms with E-state index < -0.39 is 17.4 Å². The minimum atomic E-state index is -1.03. The number of carbonyl (C=O) groups is 2. The molecule has 4 N–H and O–H groups in total. The number of carboxylic acids is 1. The third-order valence-corrected chi connectivity index (χ3v) is 3.42. The number of nitrogens with two attached hydrogens (primary N) is 1. The number of aliphatic carboxylic acids is 1. The van der Waals surface area contributed by atoms with Gasteiger partial charge in [0.15, 0.2) is 0 Å². The Bertz CT molecular complexity index is 492. The van der Waals surface area contributed by atoms with E-state index in [9.17, 15) is 9.59 Å². The van der Waals surface area contributed by atoms with Crippen LogP contribution < -0.4 is 11.1 Å². The van der Waals surface area contributed by atoms with Gasteiger partial charge in [0.25, 0.3) is 0 Å². The van der Waals surface area contributed by atoms with Crippen molar-refractivity contribution in [3.8, 4) is 0 Å². The number of benzene rings is 1. The van der Waals surface area contributed by atoms with E-state index in [0.29, 0.717) is 5.69 Å². The molecule has 0 spiro atoms. The van der Waals surface area contributed by atoms with E-state index in [1.165, 1.54) is 0 Å². The van der Waals surface area contributed by atoms with Gasteiger partial charge in [-0.25, -0.2) is 4.79 Å². The number of nitrogen functional groups attached to an aromatic ring is 1. The van der Waals surface area contributed by atoms with Crippen molar-refractivity contribution < 1.29 is 14.7 Å². The predicted molar refractivity (Wildman–Crippen MR) is 78.3 cm³/mol. The van der Waals surface area contributed by atoms with Gasteiger partial charge in [-0.3, -0.25) is 4.79 Å². The molecule has 0 fully saturated rings. The molecule has 0 saturated heterocycles. The molecule has 0 aliphatic carbocycles. The number of amides is 1. The molecule has 0 aliphatic rings. The molecule has 5 heteroatoms. The van der Waals surface area contributed by atoms with E-state index in [1.807, 2.05) is 0 Å². The van der Waals surface area contributed by atoms with Gasteiger partial charge >= 0.3 is 5.97 Å². The second-order valence-electron chi connectivity index (χ2n) is 5.78. The quantitative estimate of drug-likeness (QED) is 0.716. The van der Waals surface area contributed by atoms with E-state index in [2.05, 4.69) is 5.32 Å². The zero-order valence-electron chi connectivity index (χ0n) is 12.3. The highest BCUT2D eigenvalue weighted by Crippen LogP contribution is 2.24. The second-order valence-corrected chi connectivity index (χ2v) is 5.78. The molecule has 0 bridgehead atoms. The minimum absolute atomic E-state index is 0.182. The third kappa shape index (κ3) is 3.50. The molecule has 1 aromatic rings. The van der Waals surface area contributed by atoms with Gasteiger partial charge in [0.1, 0.15) is 6.04 Å². The van der Waals surface area contributed by atoms with Crippen molar-refractivity contribution in [3.05, 3.63) is 29.8 Å². The lowest BCUT2D eigenvalue weighted by Gasteiger charge is -2.27. The maximum Gasteiger partial charge on any atom is 0.326 e. The summed E-state index contributed by atoms with van der Waals surface area (Å²) in [7, 11) is 0. The van der Waals surface area contributed by atoms with Crippen molar-refractivity contribution >= 4 is 17.6 Å². The Hall–Kier alpha value is -2.04. The molecule has 110 valence electrons. The first-order valence-electron chi connectivity index (χ1n) is 6.56. The van der Waals surface area contributed by atoms with Crippen molar-refractivity contribution in [2.24, 2.45) is 5.92 Å². The summed E-state index contributed by atoms with van der Waals surface area (Å²) in [4.78, 5) is 23.5. The molecule has 0 radical (unpaired) electrons. The Morgan fingerprint density at radius 3 is 2.10 bits per heavy atom. The fourth-order valence-corrected chi connectivity index (χ4v) is 1.87. The molecule has 20 heavy (non-hydrogen) atoms. The lowest BCUT2D eigenvalue weighted by molar-refractivity contribution is -0.143. The number of hydrogen-bond acceptors (Lipinski definition) is 3. The number of rotatable bonds is 5. The zero-order chi connectivity index (χ0) is 15.5. The van der Waals surface area contributed by atoms with Crippen LogP contribution >= 0.6 is 0 Å². The van der Waals surface area contributed by atoms with Crippen LogP contribution in [0.3, 0.4) is 0 Å². The Kier molecular flexibility index (Phi) is 4.76. The van der Waals surface area contributed by atoms with Crippen LogP contribution in [-0.4, -0.2) is 23.0 Å². The van der Waals surface area contributed by atoms with E-state index in [4.69, 9.17) is 10.8 Å². The number of carbonyl (C=O) groups excluding carboxylic acids is 1. The van der Waals surface area contributed by atoms with Crippen molar-refractivity contribution in [2.75, 3.05) is 5.73 Å². The van der Waals surface area contributed by atoms with Crippen LogP contribution in [0.25, 0.3) is 0 Å². The van der Waals surface area contributed by atoms with Crippen LogP contribution in [0.5, 0.6) is 0 Å². The standard InChI is InChI=1S/C15H22N2O3/c1-9(2)12(13(18)19)17-14(20)15(3,4)10-5-7-11(16)8-6-10/h5-9,12H,16H2,1-4H3,(H,17,20)(H,18,19). The number of anilines is 1. The Morgan fingerprint density at radius 2 is 1.70 bits per heavy atom. The number of nitrogens with one attached hydrogen (secondary N) is 1. The Balaban J connectivity index is 2.94. The topological polar surface area (TPSA) is 92.4 Å². The lowest BCUT2D eigenvalue weighted by Crippen LogP contribution is -2.50. The van der Waals surface area contributed by atoms with Crippen molar-refractivity contribution in [1.29, 1.82) is 0 Å². The normalized spacial score (nSPS) is 13.1. The van der Waals surface area contributed by atoms with Crippen LogP contribution in [0.1, 0.15) is 33.3 Å². The number of hydrogen-bond donors (Lipinski definition) is 3. The number of carboxylic acid groups (broad SMARTS) is 1. The molecule has 1 amide bonds. The van der Waals surface area contributed by atoms with Gasteiger partial charge in [-0.1, -0.05) is 26.0 Å². The first-order valence-corrected chi connectivity index (χ1v) is 6.56. The average molecular weight is 278 g/mol. The van der Waals surface area contributed by atoms with Gasteiger partial charge in [-0.2, -0.15) is 0 Å². The maximum absolute atomic E-state index is 12.4. The summed E-state index contributed by atoms with van der Waals surface area (Å²) < 4.78 is 0. The third-order valence-electron chi connectivity index (χ3n) is 3.42. The average Bonchev–Trinajstić information content (AvgIpc) is 2.35. The fraction of sp³-hybridized carbons (Fsp3) is 0.467. The van der Waals surface area contributed by atoms with Gasteiger partial charge < -0.3 is 16.2 Å². The minimum Gasteiger partial charge on any atom is -0.480 e. The highest BCUT2D eigenvalue weighted by Gasteiger charge is 2.33. The molecular formula is C15H22N2O3. The fourth-order valence-electron chi connectivity index (χ4n) is 1.87. The van der Waals surface area contributed by atoms with Crippen LogP contribution in [0.2, 0.25) is 0 Å². The van der Waals surface area contributed by atoms with Crippen LogP contribution in [0.15, 0.2) is 24.3 Å². The zero-order valence-corrected chi connectivity index (χ0v) is 12.3. The van der Waals surface area contributed by atoms with Gasteiger partial charge in [0.2, 0.25) is 5.91 Å². The van der Waals surface area contributed by atoms with Gasteiger partial charge in [0, 0.05) is 5.69 Å². The molecular weight excluding hydrogens is 256 g/mol. The van der Waals surface area contributed by atoms with Gasteiger partial charge in [0.05, 0.1) is 5.41 Å². The van der Waals surface area contributed by atoms with E-state index >= 15 is 0 Å². The molecule has 1 unspecified atom stereocenters. The van der Waals surface area contributed by atoms with Crippen molar-refractivity contribution in [3.63, 3.8) is 0 Å². The molecule has 0 aliphatic heterocycles. The summed E-state index contributed by atoms with van der Waals surface area (Å²) in [5, 5.41) is 11.7.